The Labute approximate surface area is 202 Å². The van der Waals surface area contributed by atoms with E-state index in [1.165, 1.54) is 20.5 Å². The van der Waals surface area contributed by atoms with E-state index in [4.69, 9.17) is 27.8 Å². The zero-order chi connectivity index (χ0) is 24.4. The van der Waals surface area contributed by atoms with E-state index in [2.05, 4.69) is 4.90 Å². The second-order valence-corrected chi connectivity index (χ2v) is 8.20. The summed E-state index contributed by atoms with van der Waals surface area (Å²) in [5, 5.41) is 0.992. The van der Waals surface area contributed by atoms with E-state index in [1.54, 1.807) is 13.2 Å². The Balaban J connectivity index is 1.72. The van der Waals surface area contributed by atoms with Crippen LogP contribution >= 0.6 is 0 Å². The average molecular weight is 478 g/mol. The predicted octanol–water partition coefficient (Wildman–Crippen LogP) is 4.57. The van der Waals surface area contributed by atoms with Gasteiger partial charge in [-0.3, -0.25) is 9.69 Å². The zero-order valence-corrected chi connectivity index (χ0v) is 20.0. The number of hydrogen-bond acceptors (Lipinski definition) is 8. The molecule has 0 N–H and O–H groups in total. The number of ether oxygens (including phenoxy) is 4. The zero-order valence-electron chi connectivity index (χ0n) is 20.0. The van der Waals surface area contributed by atoms with Crippen LogP contribution in [0.25, 0.3) is 34.1 Å². The molecule has 0 saturated carbocycles. The highest BCUT2D eigenvalue weighted by atomic mass is 16.5. The number of fused-ring (bicyclic) bond motifs is 2. The van der Waals surface area contributed by atoms with Gasteiger partial charge in [-0.25, -0.2) is 0 Å². The van der Waals surface area contributed by atoms with Crippen LogP contribution in [0.4, 0.5) is 0 Å². The van der Waals surface area contributed by atoms with Crippen molar-refractivity contribution in [2.75, 3.05) is 47.6 Å². The number of methoxy groups -OCH3 is 3. The molecule has 3 heterocycles. The Morgan fingerprint density at radius 1 is 0.914 bits per heavy atom. The molecule has 1 fully saturated rings. The summed E-state index contributed by atoms with van der Waals surface area (Å²) in [6.45, 7) is 3.16. The smallest absolute Gasteiger partial charge is 0.206 e. The van der Waals surface area contributed by atoms with Crippen molar-refractivity contribution in [1.82, 2.24) is 4.90 Å². The van der Waals surface area contributed by atoms with Crippen LogP contribution in [-0.4, -0.2) is 52.5 Å². The maximum atomic E-state index is 14.0. The Kier molecular flexibility index (Phi) is 6.48. The third-order valence-corrected chi connectivity index (χ3v) is 6.22. The molecule has 0 unspecified atom stereocenters. The van der Waals surface area contributed by atoms with E-state index in [-0.39, 0.29) is 11.0 Å². The maximum Gasteiger partial charge on any atom is 0.206 e. The van der Waals surface area contributed by atoms with Crippen LogP contribution in [0.3, 0.4) is 0 Å². The summed E-state index contributed by atoms with van der Waals surface area (Å²) in [7, 11) is 4.69. The molecule has 2 aromatic heterocycles. The Hall–Kier alpha value is -3.75. The minimum absolute atomic E-state index is 0.162. The summed E-state index contributed by atoms with van der Waals surface area (Å²) in [6.07, 6.45) is 5.26. The quantitative estimate of drug-likeness (QED) is 0.383. The van der Waals surface area contributed by atoms with E-state index in [1.807, 2.05) is 36.4 Å². The Morgan fingerprint density at radius 3 is 2.34 bits per heavy atom. The number of benzene rings is 2. The topological polar surface area (TPSA) is 83.5 Å². The van der Waals surface area contributed by atoms with Crippen molar-refractivity contribution >= 4 is 34.1 Å². The van der Waals surface area contributed by atoms with Gasteiger partial charge in [0.25, 0.3) is 0 Å². The highest BCUT2D eigenvalue weighted by molar-refractivity contribution is 6.07. The van der Waals surface area contributed by atoms with Gasteiger partial charge in [-0.15, -0.1) is 0 Å². The molecule has 0 spiro atoms. The first kappa shape index (κ1) is 23.0. The molecule has 0 aliphatic carbocycles. The van der Waals surface area contributed by atoms with Crippen molar-refractivity contribution in [3.05, 3.63) is 63.7 Å². The summed E-state index contributed by atoms with van der Waals surface area (Å²) in [5.41, 5.74) is 2.08. The van der Waals surface area contributed by atoms with Crippen molar-refractivity contribution in [2.24, 2.45) is 0 Å². The Bertz CT molecular complexity index is 1430. The van der Waals surface area contributed by atoms with E-state index in [9.17, 15) is 4.79 Å². The van der Waals surface area contributed by atoms with E-state index in [0.717, 1.165) is 24.4 Å². The molecule has 8 heteroatoms. The van der Waals surface area contributed by atoms with Gasteiger partial charge >= 0.3 is 0 Å². The standard InChI is InChI=1S/C27H27NO7/c1-30-18-7-4-17(5-8-18)6-9-21-20(16-28-11-14-33-15-12-28)23(29)22-24(31-2)19-10-13-34-25(19)27(32-3)26(22)35-21/h4-10,13H,11-12,14-16H2,1-3H3/b9-6+. The van der Waals surface area contributed by atoms with Gasteiger partial charge in [-0.2, -0.15) is 0 Å². The fourth-order valence-corrected chi connectivity index (χ4v) is 4.41. The molecule has 35 heavy (non-hydrogen) atoms. The lowest BCUT2D eigenvalue weighted by atomic mass is 10.0. The molecule has 0 atom stereocenters. The molecule has 4 aromatic rings. The van der Waals surface area contributed by atoms with Gasteiger partial charge in [0, 0.05) is 19.6 Å². The maximum absolute atomic E-state index is 14.0. The predicted molar refractivity (Wildman–Crippen MR) is 133 cm³/mol. The van der Waals surface area contributed by atoms with Crippen molar-refractivity contribution in [1.29, 1.82) is 0 Å². The highest BCUT2D eigenvalue weighted by Crippen LogP contribution is 2.42. The van der Waals surface area contributed by atoms with Gasteiger partial charge in [-0.05, 0) is 29.8 Å². The average Bonchev–Trinajstić information content (AvgIpc) is 3.38. The van der Waals surface area contributed by atoms with Crippen LogP contribution < -0.4 is 19.6 Å². The molecule has 0 radical (unpaired) electrons. The SMILES string of the molecule is COc1ccc(/C=C/c2oc3c(OC)c4occc4c(OC)c3c(=O)c2CN2CCOCC2)cc1. The largest absolute Gasteiger partial charge is 0.497 e. The molecule has 1 aliphatic rings. The molecule has 0 amide bonds. The second kappa shape index (κ2) is 9.85. The summed E-state index contributed by atoms with van der Waals surface area (Å²) < 4.78 is 34.1. The lowest BCUT2D eigenvalue weighted by Crippen LogP contribution is -2.37. The van der Waals surface area contributed by atoms with Gasteiger partial charge in [0.15, 0.2) is 11.2 Å². The Morgan fingerprint density at radius 2 is 1.66 bits per heavy atom. The normalized spacial score (nSPS) is 14.7. The number of furan rings is 1. The molecule has 8 nitrogen and oxygen atoms in total. The first-order valence-electron chi connectivity index (χ1n) is 11.4. The third kappa shape index (κ3) is 4.26. The summed E-state index contributed by atoms with van der Waals surface area (Å²) in [4.78, 5) is 16.2. The minimum atomic E-state index is -0.162. The fraction of sp³-hybridized carbons (Fsp3) is 0.296. The van der Waals surface area contributed by atoms with Crippen molar-refractivity contribution in [3.8, 4) is 17.2 Å². The van der Waals surface area contributed by atoms with Crippen LogP contribution in [0.5, 0.6) is 17.2 Å². The molecule has 182 valence electrons. The van der Waals surface area contributed by atoms with Crippen molar-refractivity contribution < 1.29 is 27.8 Å². The second-order valence-electron chi connectivity index (χ2n) is 8.20. The lowest BCUT2D eigenvalue weighted by Gasteiger charge is -2.26. The van der Waals surface area contributed by atoms with Gasteiger partial charge in [0.2, 0.25) is 11.2 Å². The molecule has 2 aromatic carbocycles. The molecular formula is C27H27NO7. The van der Waals surface area contributed by atoms with Crippen LogP contribution in [-0.2, 0) is 11.3 Å². The van der Waals surface area contributed by atoms with Crippen LogP contribution in [0.2, 0.25) is 0 Å². The molecule has 1 aliphatic heterocycles. The van der Waals surface area contributed by atoms with Crippen molar-refractivity contribution in [3.63, 3.8) is 0 Å². The van der Waals surface area contributed by atoms with E-state index in [0.29, 0.717) is 58.9 Å². The lowest BCUT2D eigenvalue weighted by molar-refractivity contribution is 0.0338. The minimum Gasteiger partial charge on any atom is -0.497 e. The molecule has 0 bridgehead atoms. The monoisotopic (exact) mass is 477 g/mol. The summed E-state index contributed by atoms with van der Waals surface area (Å²) >= 11 is 0. The van der Waals surface area contributed by atoms with Crippen LogP contribution in [0.1, 0.15) is 16.9 Å². The number of nitrogens with zero attached hydrogens (tertiary/aromatic N) is 1. The van der Waals surface area contributed by atoms with Crippen molar-refractivity contribution in [2.45, 2.75) is 6.54 Å². The number of rotatable bonds is 7. The van der Waals surface area contributed by atoms with Crippen LogP contribution in [0, 0.1) is 0 Å². The molecule has 5 rings (SSSR count). The third-order valence-electron chi connectivity index (χ3n) is 6.22. The molecular weight excluding hydrogens is 450 g/mol. The number of hydrogen-bond donors (Lipinski definition) is 0. The van der Waals surface area contributed by atoms with E-state index >= 15 is 0 Å². The van der Waals surface area contributed by atoms with Gasteiger partial charge < -0.3 is 27.8 Å². The first-order valence-corrected chi connectivity index (χ1v) is 11.4. The molecule has 1 saturated heterocycles. The van der Waals surface area contributed by atoms with Gasteiger partial charge in [0.05, 0.1) is 51.8 Å². The first-order chi connectivity index (χ1) is 17.1. The highest BCUT2D eigenvalue weighted by Gasteiger charge is 2.26. The van der Waals surface area contributed by atoms with E-state index < -0.39 is 0 Å². The summed E-state index contributed by atoms with van der Waals surface area (Å²) in [6, 6.07) is 9.39. The van der Waals surface area contributed by atoms with Crippen LogP contribution in [0.15, 0.2) is 50.2 Å². The van der Waals surface area contributed by atoms with Gasteiger partial charge in [0.1, 0.15) is 22.6 Å². The van der Waals surface area contributed by atoms with Gasteiger partial charge in [-0.1, -0.05) is 18.2 Å². The fourth-order valence-electron chi connectivity index (χ4n) is 4.41. The summed E-state index contributed by atoms with van der Waals surface area (Å²) in [5.74, 6) is 1.99. The number of morpholine rings is 1.